The Balaban J connectivity index is 0.992. The van der Waals surface area contributed by atoms with E-state index in [1.54, 1.807) is 38.1 Å². The lowest BCUT2D eigenvalue weighted by atomic mass is 9.72. The molecule has 408 valence electrons. The van der Waals surface area contributed by atoms with Gasteiger partial charge in [0, 0.05) is 49.5 Å². The normalized spacial score (nSPS) is 23.6. The molecule has 2 aliphatic heterocycles. The van der Waals surface area contributed by atoms with Crippen LogP contribution in [0.25, 0.3) is 0 Å². The number of likely N-dealkylation sites (N-methyl/N-ethyl adjacent to an activating group) is 1. The first-order chi connectivity index (χ1) is 35.9. The summed E-state index contributed by atoms with van der Waals surface area (Å²) in [5, 5.41) is 73.4. The number of nitrogens with zero attached hydrogens (tertiary/aromatic N) is 2. The Morgan fingerprint density at radius 1 is 0.921 bits per heavy atom. The van der Waals surface area contributed by atoms with E-state index in [4.69, 9.17) is 19.3 Å². The first-order valence-electron chi connectivity index (χ1n) is 24.9. The number of aliphatic hydroxyl groups excluding tert-OH is 2. The van der Waals surface area contributed by atoms with E-state index in [9.17, 15) is 68.7 Å². The molecule has 5 amide bonds. The number of aliphatic carboxylic acids is 1. The highest BCUT2D eigenvalue weighted by molar-refractivity contribution is 6.31. The zero-order valence-corrected chi connectivity index (χ0v) is 42.8. The molecule has 76 heavy (non-hydrogen) atoms. The van der Waals surface area contributed by atoms with Gasteiger partial charge in [-0.25, -0.2) is 0 Å². The van der Waals surface area contributed by atoms with Crippen molar-refractivity contribution < 1.29 is 88.0 Å². The minimum Gasteiger partial charge on any atom is -0.507 e. The molecule has 0 radical (unpaired) electrons. The molecule has 7 rings (SSSR count). The van der Waals surface area contributed by atoms with Crippen LogP contribution in [0.15, 0.2) is 42.5 Å². The van der Waals surface area contributed by atoms with E-state index >= 15 is 0 Å². The zero-order valence-electron chi connectivity index (χ0n) is 42.8. The molecule has 9 atom stereocenters. The number of nitrogens with one attached hydrogen (secondary N) is 3. The smallest absolute Gasteiger partial charge is 0.307 e. The highest BCUT2D eigenvalue weighted by atomic mass is 16.7. The number of carbonyl (C=O) groups excluding carboxylic acids is 8. The van der Waals surface area contributed by atoms with Gasteiger partial charge >= 0.3 is 5.97 Å². The molecule has 3 aromatic rings. The lowest BCUT2D eigenvalue weighted by Gasteiger charge is -2.43. The number of hydrogen-bond acceptors (Lipinski definition) is 17. The number of rotatable bonds is 18. The lowest BCUT2D eigenvalue weighted by Crippen LogP contribution is -2.59. The van der Waals surface area contributed by atoms with E-state index in [1.165, 1.54) is 56.0 Å². The van der Waals surface area contributed by atoms with Gasteiger partial charge in [-0.2, -0.15) is 0 Å². The number of likely N-dealkylation sites (tertiary alicyclic amines) is 1. The van der Waals surface area contributed by atoms with E-state index in [0.29, 0.717) is 17.5 Å². The summed E-state index contributed by atoms with van der Waals surface area (Å²) in [6, 6.07) is 6.43. The predicted molar refractivity (Wildman–Crippen MR) is 264 cm³/mol. The number of phenols is 2. The summed E-state index contributed by atoms with van der Waals surface area (Å²) < 4.78 is 17.6. The minimum atomic E-state index is -2.43. The first kappa shape index (κ1) is 56.4. The quantitative estimate of drug-likeness (QED) is 0.0598. The SMILES string of the molecule is COc1cccc2c1C(=O)c1c(O)c3c(c(O)c1C2=O)C[C@@](O)(C(=O)CO)C[C@@H]3OC1CC(NC(=O)[C@@H]2CCCN2C(=O)CNC(=O)[C@H](C)NC(=O)[C@H](C(C)C)N(C)C(=O)Cc2ccc(CC(=O)O)cc2)C(O)C(C)O1. The zero-order chi connectivity index (χ0) is 55.7. The molecule has 2 saturated heterocycles. The number of ether oxygens (including phenoxy) is 3. The number of amides is 5. The summed E-state index contributed by atoms with van der Waals surface area (Å²) in [6.07, 6.45) is -6.60. The van der Waals surface area contributed by atoms with Crippen LogP contribution in [-0.2, 0) is 62.3 Å². The first-order valence-corrected chi connectivity index (χ1v) is 24.9. The lowest BCUT2D eigenvalue weighted by molar-refractivity contribution is -0.249. The molecule has 23 heteroatoms. The Hall–Kier alpha value is -7.31. The molecule has 2 fully saturated rings. The number of benzene rings is 3. The van der Waals surface area contributed by atoms with E-state index in [1.807, 2.05) is 0 Å². The largest absolute Gasteiger partial charge is 0.507 e. The molecule has 3 aromatic carbocycles. The molecule has 23 nitrogen and oxygen atoms in total. The highest BCUT2D eigenvalue weighted by Gasteiger charge is 2.51. The maximum atomic E-state index is 14.1. The van der Waals surface area contributed by atoms with Crippen LogP contribution in [-0.4, -0.2) is 175 Å². The average molecular weight is 1060 g/mol. The Bertz CT molecular complexity index is 2840. The summed E-state index contributed by atoms with van der Waals surface area (Å²) in [5.74, 6) is -8.78. The summed E-state index contributed by atoms with van der Waals surface area (Å²) >= 11 is 0. The Kier molecular flexibility index (Phi) is 17.0. The summed E-state index contributed by atoms with van der Waals surface area (Å²) in [5.41, 5.74) is -3.28. The standard InChI is InChI=1S/C53H63N5O18/c1-24(2)44(57(5)36(61)17-27-12-14-28(15-13-27)18-38(63)64)52(72)55-25(3)50(70)54-22-37(62)58-16-8-10-32(58)51(71)56-31-19-39(75-26(4)45(31)65)76-34-21-53(73,35(60)23-59)20-30-41(34)49(69)43-42(47(30)67)46(66)29-9-7-11-33(74-6)40(29)48(43)68/h7,9,11-15,24-26,31-32,34,39,44-45,59,65,67,69,73H,8,10,16-23H2,1-6H3,(H,54,70)(H,55,72)(H,56,71)(H,63,64)/t25-,26?,31?,32-,34-,39?,44-,45?,53-/m0/s1. The molecule has 4 unspecified atom stereocenters. The second-order valence-corrected chi connectivity index (χ2v) is 20.1. The van der Waals surface area contributed by atoms with E-state index < -0.39 is 156 Å². The van der Waals surface area contributed by atoms with Gasteiger partial charge in [0.05, 0.1) is 61.4 Å². The Labute approximate surface area is 436 Å². The van der Waals surface area contributed by atoms with Gasteiger partial charge in [0.2, 0.25) is 35.3 Å². The van der Waals surface area contributed by atoms with Crippen LogP contribution in [0.3, 0.4) is 0 Å². The highest BCUT2D eigenvalue weighted by Crippen LogP contribution is 2.52. The number of phenolic OH excluding ortho intramolecular Hbond substituents is 2. The number of carbonyl (C=O) groups is 9. The molecular formula is C53H63N5O18. The molecular weight excluding hydrogens is 995 g/mol. The maximum absolute atomic E-state index is 14.1. The molecule has 2 heterocycles. The van der Waals surface area contributed by atoms with Crippen LogP contribution in [0.2, 0.25) is 0 Å². The van der Waals surface area contributed by atoms with Gasteiger partial charge in [0.1, 0.15) is 53.7 Å². The second kappa shape index (κ2) is 22.9. The van der Waals surface area contributed by atoms with Gasteiger partial charge in [-0.15, -0.1) is 0 Å². The number of ketones is 3. The van der Waals surface area contributed by atoms with E-state index in [-0.39, 0.29) is 66.1 Å². The number of carboxylic acids is 1. The van der Waals surface area contributed by atoms with E-state index in [0.717, 1.165) is 0 Å². The van der Waals surface area contributed by atoms with Gasteiger partial charge < -0.3 is 70.6 Å². The fourth-order valence-corrected chi connectivity index (χ4v) is 10.6. The second-order valence-electron chi connectivity index (χ2n) is 20.1. The van der Waals surface area contributed by atoms with Gasteiger partial charge in [-0.3, -0.25) is 43.2 Å². The third kappa shape index (κ3) is 11.3. The van der Waals surface area contributed by atoms with Crippen molar-refractivity contribution in [2.24, 2.45) is 5.92 Å². The van der Waals surface area contributed by atoms with Crippen molar-refractivity contribution in [3.8, 4) is 17.2 Å². The van der Waals surface area contributed by atoms with Crippen LogP contribution in [0.5, 0.6) is 17.2 Å². The monoisotopic (exact) mass is 1060 g/mol. The number of methoxy groups -OCH3 is 1. The molecule has 0 bridgehead atoms. The number of Topliss-reactive ketones (excluding diaryl/α,β-unsaturated/α-hetero) is 1. The average Bonchev–Trinajstić information content (AvgIpc) is 3.96. The van der Waals surface area contributed by atoms with Crippen molar-refractivity contribution in [1.82, 2.24) is 25.8 Å². The number of aromatic hydroxyl groups is 2. The van der Waals surface area contributed by atoms with Crippen LogP contribution >= 0.6 is 0 Å². The van der Waals surface area contributed by atoms with Crippen LogP contribution in [0.4, 0.5) is 0 Å². The molecule has 9 N–H and O–H groups in total. The summed E-state index contributed by atoms with van der Waals surface area (Å²) in [7, 11) is 2.75. The van der Waals surface area contributed by atoms with E-state index in [2.05, 4.69) is 16.0 Å². The summed E-state index contributed by atoms with van der Waals surface area (Å²) in [4.78, 5) is 122. The van der Waals surface area contributed by atoms with Gasteiger partial charge in [0.15, 0.2) is 17.9 Å². The Morgan fingerprint density at radius 3 is 2.21 bits per heavy atom. The van der Waals surface area contributed by atoms with Gasteiger partial charge in [0.25, 0.3) is 0 Å². The van der Waals surface area contributed by atoms with Gasteiger partial charge in [-0.1, -0.05) is 50.2 Å². The van der Waals surface area contributed by atoms with Crippen LogP contribution < -0.4 is 20.7 Å². The van der Waals surface area contributed by atoms with Crippen molar-refractivity contribution in [2.45, 2.75) is 127 Å². The molecule has 4 aliphatic rings. The van der Waals surface area contributed by atoms with Crippen LogP contribution in [0, 0.1) is 5.92 Å². The molecule has 0 aromatic heterocycles. The maximum Gasteiger partial charge on any atom is 0.307 e. The molecule has 0 spiro atoms. The molecule has 2 aliphatic carbocycles. The topological polar surface area (TPSA) is 345 Å². The van der Waals surface area contributed by atoms with Crippen molar-refractivity contribution in [3.63, 3.8) is 0 Å². The fourth-order valence-electron chi connectivity index (χ4n) is 10.6. The molecule has 0 saturated carbocycles. The minimum absolute atomic E-state index is 0.0189. The van der Waals surface area contributed by atoms with Crippen molar-refractivity contribution in [1.29, 1.82) is 0 Å². The van der Waals surface area contributed by atoms with Gasteiger partial charge in [-0.05, 0) is 49.8 Å². The van der Waals surface area contributed by atoms with Crippen molar-refractivity contribution >= 4 is 52.9 Å². The Morgan fingerprint density at radius 2 is 1.58 bits per heavy atom. The van der Waals surface area contributed by atoms with Crippen molar-refractivity contribution in [3.05, 3.63) is 87.0 Å². The van der Waals surface area contributed by atoms with Crippen LogP contribution in [0.1, 0.15) is 114 Å². The summed E-state index contributed by atoms with van der Waals surface area (Å²) in [6.45, 7) is 4.80. The van der Waals surface area contributed by atoms with Crippen molar-refractivity contribution in [2.75, 3.05) is 33.9 Å². The number of hydrogen-bond donors (Lipinski definition) is 9. The fraction of sp³-hybridized carbons (Fsp3) is 0.491. The number of carboxylic acid groups (broad SMARTS) is 1. The number of fused-ring (bicyclic) bond motifs is 3. The predicted octanol–water partition coefficient (Wildman–Crippen LogP) is 0.124. The third-order valence-electron chi connectivity index (χ3n) is 14.6. The third-order valence-corrected chi connectivity index (χ3v) is 14.6. The number of aliphatic hydroxyl groups is 3.